The Labute approximate surface area is 110 Å². The van der Waals surface area contributed by atoms with Crippen LogP contribution in [0.3, 0.4) is 0 Å². The summed E-state index contributed by atoms with van der Waals surface area (Å²) in [4.78, 5) is 15.1. The number of ether oxygens (including phenoxy) is 1. The number of anilines is 1. The Morgan fingerprint density at radius 2 is 2.16 bits per heavy atom. The molecule has 0 aliphatic carbocycles. The zero-order valence-electron chi connectivity index (χ0n) is 10.2. The Bertz CT molecular complexity index is 570. The molecule has 1 aromatic carbocycles. The number of rotatable bonds is 5. The van der Waals surface area contributed by atoms with E-state index < -0.39 is 5.97 Å². The van der Waals surface area contributed by atoms with E-state index in [1.54, 1.807) is 24.5 Å². The van der Waals surface area contributed by atoms with Crippen LogP contribution in [0, 0.1) is 0 Å². The zero-order chi connectivity index (χ0) is 13.7. The second-order valence-corrected chi connectivity index (χ2v) is 3.99. The molecule has 0 unspecified atom stereocenters. The molecule has 0 saturated heterocycles. The van der Waals surface area contributed by atoms with Crippen molar-refractivity contribution in [2.45, 2.75) is 6.42 Å². The first kappa shape index (κ1) is 12.9. The van der Waals surface area contributed by atoms with E-state index in [-0.39, 0.29) is 11.3 Å². The van der Waals surface area contributed by atoms with Crippen LogP contribution in [-0.4, -0.2) is 22.7 Å². The summed E-state index contributed by atoms with van der Waals surface area (Å²) in [5.41, 5.74) is 7.16. The third-order valence-electron chi connectivity index (χ3n) is 2.64. The lowest BCUT2D eigenvalue weighted by atomic mass is 10.1. The average Bonchev–Trinajstić information content (AvgIpc) is 2.41. The molecule has 0 radical (unpaired) electrons. The number of nitrogens with two attached hydrogens (primary N) is 1. The summed E-state index contributed by atoms with van der Waals surface area (Å²) in [5, 5.41) is 9.06. The first-order valence-corrected chi connectivity index (χ1v) is 5.82. The Morgan fingerprint density at radius 3 is 2.84 bits per heavy atom. The molecule has 0 amide bonds. The van der Waals surface area contributed by atoms with E-state index in [1.165, 1.54) is 6.07 Å². The van der Waals surface area contributed by atoms with Gasteiger partial charge in [0.15, 0.2) is 5.75 Å². The highest BCUT2D eigenvalue weighted by molar-refractivity contribution is 5.93. The molecule has 0 saturated carbocycles. The fourth-order valence-electron chi connectivity index (χ4n) is 1.70. The van der Waals surface area contributed by atoms with E-state index in [0.717, 1.165) is 5.56 Å². The summed E-state index contributed by atoms with van der Waals surface area (Å²) in [7, 11) is 0. The van der Waals surface area contributed by atoms with Crippen molar-refractivity contribution < 1.29 is 14.6 Å². The van der Waals surface area contributed by atoms with Crippen molar-refractivity contribution in [1.29, 1.82) is 0 Å². The van der Waals surface area contributed by atoms with Crippen molar-refractivity contribution in [2.24, 2.45) is 0 Å². The molecule has 0 bridgehead atoms. The lowest BCUT2D eigenvalue weighted by Gasteiger charge is -2.11. The van der Waals surface area contributed by atoms with Gasteiger partial charge in [0.1, 0.15) is 5.56 Å². The fourth-order valence-corrected chi connectivity index (χ4v) is 1.70. The summed E-state index contributed by atoms with van der Waals surface area (Å²) in [6.07, 6.45) is 4.08. The summed E-state index contributed by atoms with van der Waals surface area (Å²) in [6, 6.07) is 8.45. The van der Waals surface area contributed by atoms with E-state index >= 15 is 0 Å². The number of aromatic nitrogens is 1. The minimum absolute atomic E-state index is 0.0752. The summed E-state index contributed by atoms with van der Waals surface area (Å²) in [6.45, 7) is 0.347. The minimum atomic E-state index is -1.05. The number of aromatic carboxylic acids is 1. The van der Waals surface area contributed by atoms with E-state index in [2.05, 4.69) is 4.98 Å². The third-order valence-corrected chi connectivity index (χ3v) is 2.64. The number of nitrogens with zero attached hydrogens (tertiary/aromatic N) is 1. The molecule has 1 aromatic heterocycles. The number of hydrogen-bond acceptors (Lipinski definition) is 4. The maximum Gasteiger partial charge on any atom is 0.339 e. The van der Waals surface area contributed by atoms with Crippen LogP contribution < -0.4 is 10.5 Å². The zero-order valence-corrected chi connectivity index (χ0v) is 10.2. The number of pyridine rings is 1. The molecule has 0 fully saturated rings. The Hall–Kier alpha value is -2.56. The van der Waals surface area contributed by atoms with E-state index in [9.17, 15) is 4.79 Å². The molecule has 2 rings (SSSR count). The number of nitrogen functional groups attached to an aromatic ring is 1. The molecule has 0 aliphatic rings. The highest BCUT2D eigenvalue weighted by Crippen LogP contribution is 2.26. The Kier molecular flexibility index (Phi) is 3.97. The maximum atomic E-state index is 11.1. The van der Waals surface area contributed by atoms with Gasteiger partial charge in [-0.3, -0.25) is 4.98 Å². The molecule has 5 heteroatoms. The number of hydrogen-bond donors (Lipinski definition) is 2. The van der Waals surface area contributed by atoms with E-state index in [0.29, 0.717) is 18.7 Å². The SMILES string of the molecule is Nc1cccc(C(=O)O)c1OCCc1cccnc1. The molecule has 0 spiro atoms. The molecule has 19 heavy (non-hydrogen) atoms. The number of benzene rings is 1. The fraction of sp³-hybridized carbons (Fsp3) is 0.143. The molecule has 3 N–H and O–H groups in total. The van der Waals surface area contributed by atoms with Crippen LogP contribution in [0.25, 0.3) is 0 Å². The summed E-state index contributed by atoms with van der Waals surface area (Å²) < 4.78 is 5.50. The van der Waals surface area contributed by atoms with Crippen molar-refractivity contribution in [1.82, 2.24) is 4.98 Å². The second-order valence-electron chi connectivity index (χ2n) is 3.99. The first-order valence-electron chi connectivity index (χ1n) is 5.82. The molecular weight excluding hydrogens is 244 g/mol. The standard InChI is InChI=1S/C14H14N2O3/c15-12-5-1-4-11(14(17)18)13(12)19-8-6-10-3-2-7-16-9-10/h1-5,7,9H,6,8,15H2,(H,17,18). The summed E-state index contributed by atoms with van der Waals surface area (Å²) in [5.74, 6) is -0.831. The molecule has 0 atom stereocenters. The van der Waals surface area contributed by atoms with Crippen LogP contribution in [0.15, 0.2) is 42.7 Å². The van der Waals surface area contributed by atoms with Gasteiger partial charge in [-0.1, -0.05) is 12.1 Å². The molecule has 98 valence electrons. The van der Waals surface area contributed by atoms with Crippen LogP contribution in [0.1, 0.15) is 15.9 Å². The van der Waals surface area contributed by atoms with Gasteiger partial charge in [0, 0.05) is 18.8 Å². The second kappa shape index (κ2) is 5.86. The average molecular weight is 258 g/mol. The van der Waals surface area contributed by atoms with Crippen LogP contribution in [0.2, 0.25) is 0 Å². The van der Waals surface area contributed by atoms with Crippen molar-refractivity contribution >= 4 is 11.7 Å². The van der Waals surface area contributed by atoms with E-state index in [4.69, 9.17) is 15.6 Å². The van der Waals surface area contributed by atoms with Crippen molar-refractivity contribution in [3.63, 3.8) is 0 Å². The van der Waals surface area contributed by atoms with Crippen LogP contribution in [-0.2, 0) is 6.42 Å². The Morgan fingerprint density at radius 1 is 1.32 bits per heavy atom. The topological polar surface area (TPSA) is 85.4 Å². The Balaban J connectivity index is 2.05. The third kappa shape index (κ3) is 3.22. The van der Waals surface area contributed by atoms with Gasteiger partial charge in [0.05, 0.1) is 12.3 Å². The maximum absolute atomic E-state index is 11.1. The lowest BCUT2D eigenvalue weighted by Crippen LogP contribution is -2.08. The minimum Gasteiger partial charge on any atom is -0.490 e. The van der Waals surface area contributed by atoms with Gasteiger partial charge in [0.2, 0.25) is 0 Å². The van der Waals surface area contributed by atoms with Gasteiger partial charge in [-0.05, 0) is 23.8 Å². The highest BCUT2D eigenvalue weighted by Gasteiger charge is 2.13. The number of para-hydroxylation sites is 1. The van der Waals surface area contributed by atoms with Gasteiger partial charge in [0.25, 0.3) is 0 Å². The number of carboxylic acids is 1. The van der Waals surface area contributed by atoms with Gasteiger partial charge in [-0.2, -0.15) is 0 Å². The normalized spacial score (nSPS) is 10.1. The molecule has 0 aliphatic heterocycles. The van der Waals surface area contributed by atoms with Gasteiger partial charge < -0.3 is 15.6 Å². The predicted molar refractivity (Wildman–Crippen MR) is 71.2 cm³/mol. The van der Waals surface area contributed by atoms with Crippen molar-refractivity contribution in [2.75, 3.05) is 12.3 Å². The van der Waals surface area contributed by atoms with E-state index in [1.807, 2.05) is 12.1 Å². The number of carbonyl (C=O) groups is 1. The molecular formula is C14H14N2O3. The molecule has 5 nitrogen and oxygen atoms in total. The predicted octanol–water partition coefficient (Wildman–Crippen LogP) is 1.98. The summed E-state index contributed by atoms with van der Waals surface area (Å²) >= 11 is 0. The highest BCUT2D eigenvalue weighted by atomic mass is 16.5. The monoisotopic (exact) mass is 258 g/mol. The quantitative estimate of drug-likeness (QED) is 0.801. The number of carboxylic acid groups (broad SMARTS) is 1. The smallest absolute Gasteiger partial charge is 0.339 e. The van der Waals surface area contributed by atoms with Gasteiger partial charge in [-0.15, -0.1) is 0 Å². The van der Waals surface area contributed by atoms with Crippen molar-refractivity contribution in [3.8, 4) is 5.75 Å². The van der Waals surface area contributed by atoms with Crippen LogP contribution in [0.4, 0.5) is 5.69 Å². The molecule has 1 heterocycles. The lowest BCUT2D eigenvalue weighted by molar-refractivity contribution is 0.0692. The molecule has 2 aromatic rings. The van der Waals surface area contributed by atoms with Gasteiger partial charge >= 0.3 is 5.97 Å². The van der Waals surface area contributed by atoms with Gasteiger partial charge in [-0.25, -0.2) is 4.79 Å². The first-order chi connectivity index (χ1) is 9.18. The van der Waals surface area contributed by atoms with Crippen LogP contribution >= 0.6 is 0 Å². The largest absolute Gasteiger partial charge is 0.490 e. The van der Waals surface area contributed by atoms with Crippen molar-refractivity contribution in [3.05, 3.63) is 53.9 Å². The van der Waals surface area contributed by atoms with Crippen LogP contribution in [0.5, 0.6) is 5.75 Å².